The van der Waals surface area contributed by atoms with Crippen molar-refractivity contribution < 1.29 is 24.5 Å². The van der Waals surface area contributed by atoms with Crippen LogP contribution in [-0.4, -0.2) is 59.8 Å². The summed E-state index contributed by atoms with van der Waals surface area (Å²) in [7, 11) is -2.15. The monoisotopic (exact) mass is 486 g/mol. The van der Waals surface area contributed by atoms with Crippen LogP contribution in [0.3, 0.4) is 0 Å². The van der Waals surface area contributed by atoms with E-state index >= 15 is 0 Å². The van der Waals surface area contributed by atoms with E-state index in [2.05, 4.69) is 33.9 Å². The molecular formula is C23H42N2O7Si. The molecule has 0 saturated heterocycles. The number of nitro groups is 2. The lowest BCUT2D eigenvalue weighted by molar-refractivity contribution is -0.491. The van der Waals surface area contributed by atoms with E-state index in [1.807, 2.05) is 19.1 Å². The van der Waals surface area contributed by atoms with E-state index in [9.17, 15) is 30.4 Å². The van der Waals surface area contributed by atoms with Crippen LogP contribution in [0.1, 0.15) is 53.4 Å². The van der Waals surface area contributed by atoms with Crippen LogP contribution >= 0.6 is 0 Å². The second kappa shape index (κ2) is 10.9. The van der Waals surface area contributed by atoms with Crippen LogP contribution in [0.25, 0.3) is 0 Å². The van der Waals surface area contributed by atoms with Crippen LogP contribution in [0, 0.1) is 49.8 Å². The first-order valence-electron chi connectivity index (χ1n) is 12.1. The molecule has 9 nitrogen and oxygen atoms in total. The Morgan fingerprint density at radius 2 is 1.36 bits per heavy atom. The molecule has 0 bridgehead atoms. The number of hydrogen-bond donors (Lipinski definition) is 2. The van der Waals surface area contributed by atoms with Gasteiger partial charge in [0.2, 0.25) is 13.1 Å². The predicted octanol–water partition coefficient (Wildman–Crippen LogP) is 3.90. The number of aliphatic hydroxyl groups excluding tert-OH is 2. The lowest BCUT2D eigenvalue weighted by Crippen LogP contribution is -2.46. The third-order valence-electron chi connectivity index (χ3n) is 8.34. The molecule has 0 aliphatic heterocycles. The van der Waals surface area contributed by atoms with E-state index in [0.717, 1.165) is 0 Å². The quantitative estimate of drug-likeness (QED) is 0.207. The zero-order chi connectivity index (χ0) is 25.1. The maximum absolute atomic E-state index is 11.4. The van der Waals surface area contributed by atoms with Gasteiger partial charge in [-0.25, -0.2) is 0 Å². The summed E-state index contributed by atoms with van der Waals surface area (Å²) in [5, 5.41) is 43.5. The standard InChI is InChI=1S/C23H42N2O7Si/c1-15-11-20(26)16(18(15)13-24(28)29)9-7-8-10-17-19(14-25(30)31)22(12-21(17)27)32-33(5,6)23(2,3)4/h7-8,15-22,26-27H,9-14H2,1-6H3/b8-7+/t15-,16-,17-,18+,19-,20+,21+,22-/m1/s1. The zero-order valence-corrected chi connectivity index (χ0v) is 21.8. The molecule has 2 saturated carbocycles. The molecule has 2 N–H and O–H groups in total. The van der Waals surface area contributed by atoms with Crippen LogP contribution in [0.2, 0.25) is 18.1 Å². The zero-order valence-electron chi connectivity index (χ0n) is 20.8. The molecule has 0 unspecified atom stereocenters. The van der Waals surface area contributed by atoms with Crippen LogP contribution in [-0.2, 0) is 4.43 Å². The number of allylic oxidation sites excluding steroid dienone is 2. The Kier molecular flexibility index (Phi) is 9.23. The highest BCUT2D eigenvalue weighted by Crippen LogP contribution is 2.44. The highest BCUT2D eigenvalue weighted by molar-refractivity contribution is 6.74. The van der Waals surface area contributed by atoms with Gasteiger partial charge in [0.15, 0.2) is 8.32 Å². The van der Waals surface area contributed by atoms with Gasteiger partial charge >= 0.3 is 0 Å². The van der Waals surface area contributed by atoms with Gasteiger partial charge < -0.3 is 14.6 Å². The van der Waals surface area contributed by atoms with Crippen LogP contribution < -0.4 is 0 Å². The minimum absolute atomic E-state index is 0.0331. The van der Waals surface area contributed by atoms with Gasteiger partial charge in [0.1, 0.15) is 0 Å². The minimum Gasteiger partial charge on any atom is -0.413 e. The Bertz CT molecular complexity index is 724. The van der Waals surface area contributed by atoms with Gasteiger partial charge in [0.25, 0.3) is 0 Å². The maximum Gasteiger partial charge on any atom is 0.209 e. The molecule has 0 amide bonds. The number of nitrogens with zero attached hydrogens (tertiary/aromatic N) is 2. The predicted molar refractivity (Wildman–Crippen MR) is 129 cm³/mol. The molecule has 10 heteroatoms. The lowest BCUT2D eigenvalue weighted by atomic mass is 9.86. The molecule has 2 rings (SSSR count). The largest absolute Gasteiger partial charge is 0.413 e. The van der Waals surface area contributed by atoms with E-state index in [1.165, 1.54) is 0 Å². The maximum atomic E-state index is 11.4. The summed E-state index contributed by atoms with van der Waals surface area (Å²) in [4.78, 5) is 21.8. The fourth-order valence-electron chi connectivity index (χ4n) is 5.36. The van der Waals surface area contributed by atoms with Crippen molar-refractivity contribution in [3.05, 3.63) is 32.4 Å². The van der Waals surface area contributed by atoms with Gasteiger partial charge in [-0.3, -0.25) is 20.2 Å². The summed E-state index contributed by atoms with van der Waals surface area (Å²) in [6.45, 7) is 12.2. The van der Waals surface area contributed by atoms with E-state index in [4.69, 9.17) is 4.43 Å². The normalized spacial score (nSPS) is 35.4. The summed E-state index contributed by atoms with van der Waals surface area (Å²) in [6.07, 6.45) is 4.22. The van der Waals surface area contributed by atoms with Crippen LogP contribution in [0.15, 0.2) is 12.2 Å². The van der Waals surface area contributed by atoms with Gasteiger partial charge in [-0.2, -0.15) is 0 Å². The number of rotatable bonds is 10. The molecule has 0 aromatic rings. The van der Waals surface area contributed by atoms with Crippen molar-refractivity contribution in [3.8, 4) is 0 Å². The van der Waals surface area contributed by atoms with Gasteiger partial charge in [-0.15, -0.1) is 0 Å². The molecule has 0 heterocycles. The van der Waals surface area contributed by atoms with Gasteiger partial charge in [0, 0.05) is 15.8 Å². The van der Waals surface area contributed by atoms with E-state index in [1.54, 1.807) is 0 Å². The van der Waals surface area contributed by atoms with Crippen LogP contribution in [0.4, 0.5) is 0 Å². The van der Waals surface area contributed by atoms with Crippen LogP contribution in [0.5, 0.6) is 0 Å². The molecule has 33 heavy (non-hydrogen) atoms. The van der Waals surface area contributed by atoms with Crippen molar-refractivity contribution in [1.29, 1.82) is 0 Å². The Hall–Kier alpha value is -1.36. The van der Waals surface area contributed by atoms with Crippen molar-refractivity contribution in [1.82, 2.24) is 0 Å². The van der Waals surface area contributed by atoms with Gasteiger partial charge in [-0.1, -0.05) is 39.8 Å². The third-order valence-corrected chi connectivity index (χ3v) is 12.8. The summed E-state index contributed by atoms with van der Waals surface area (Å²) in [6, 6.07) is 0. The van der Waals surface area contributed by atoms with Crippen molar-refractivity contribution >= 4 is 8.32 Å². The summed E-state index contributed by atoms with van der Waals surface area (Å²) < 4.78 is 6.50. The fraction of sp³-hybridized carbons (Fsp3) is 0.913. The molecule has 2 aliphatic carbocycles. The van der Waals surface area contributed by atoms with E-state index in [0.29, 0.717) is 25.7 Å². The Balaban J connectivity index is 2.06. The topological polar surface area (TPSA) is 136 Å². The van der Waals surface area contributed by atoms with Gasteiger partial charge in [0.05, 0.1) is 24.2 Å². The second-order valence-corrected chi connectivity index (χ2v) is 16.4. The average Bonchev–Trinajstić information content (AvgIpc) is 3.06. The SMILES string of the molecule is C[C@@H]1C[C@H](O)[C@H](C/C=C/C[C@@H]2[C@@H](C[N+](=O)[O-])[C@H](O[Si](C)(C)C(C)(C)C)C[C@@H]2O)[C@H]1C[N+](=O)[O-]. The number of hydrogen-bond acceptors (Lipinski definition) is 7. The molecule has 0 spiro atoms. The highest BCUT2D eigenvalue weighted by Gasteiger charge is 2.49. The summed E-state index contributed by atoms with van der Waals surface area (Å²) in [5.74, 6) is -0.879. The lowest BCUT2D eigenvalue weighted by Gasteiger charge is -2.39. The molecule has 190 valence electrons. The Morgan fingerprint density at radius 3 is 1.85 bits per heavy atom. The van der Waals surface area contributed by atoms with Crippen molar-refractivity contribution in [2.45, 2.75) is 89.8 Å². The third kappa shape index (κ3) is 7.06. The summed E-state index contributed by atoms with van der Waals surface area (Å²) >= 11 is 0. The van der Waals surface area contributed by atoms with E-state index in [-0.39, 0.29) is 63.7 Å². The Labute approximate surface area is 198 Å². The van der Waals surface area contributed by atoms with Crippen molar-refractivity contribution in [2.24, 2.45) is 29.6 Å². The molecule has 2 fully saturated rings. The molecule has 0 aromatic heterocycles. The minimum atomic E-state index is -2.15. The van der Waals surface area contributed by atoms with Crippen molar-refractivity contribution in [2.75, 3.05) is 13.1 Å². The van der Waals surface area contributed by atoms with E-state index < -0.39 is 20.5 Å². The second-order valence-electron chi connectivity index (χ2n) is 11.6. The molecule has 8 atom stereocenters. The molecule has 0 radical (unpaired) electrons. The fourth-order valence-corrected chi connectivity index (χ4v) is 6.74. The highest BCUT2D eigenvalue weighted by atomic mass is 28.4. The summed E-state index contributed by atoms with van der Waals surface area (Å²) in [5.41, 5.74) is 0. The average molecular weight is 487 g/mol. The first-order valence-corrected chi connectivity index (χ1v) is 15.0. The molecular weight excluding hydrogens is 444 g/mol. The number of aliphatic hydroxyl groups is 2. The Morgan fingerprint density at radius 1 is 0.909 bits per heavy atom. The first kappa shape index (κ1) is 27.9. The smallest absolute Gasteiger partial charge is 0.209 e. The first-order chi connectivity index (χ1) is 15.1. The van der Waals surface area contributed by atoms with Crippen molar-refractivity contribution in [3.63, 3.8) is 0 Å². The molecule has 2 aliphatic rings. The molecule has 0 aromatic carbocycles. The van der Waals surface area contributed by atoms with Gasteiger partial charge in [-0.05, 0) is 61.6 Å².